The van der Waals surface area contributed by atoms with Crippen molar-refractivity contribution in [2.45, 2.75) is 25.4 Å². The van der Waals surface area contributed by atoms with Gasteiger partial charge in [-0.15, -0.1) is 16.7 Å². The number of methoxy groups -OCH3 is 1. The van der Waals surface area contributed by atoms with Crippen molar-refractivity contribution in [1.82, 2.24) is 24.5 Å². The monoisotopic (exact) mass is 305 g/mol. The number of alkyl halides is 1. The van der Waals surface area contributed by atoms with Crippen molar-refractivity contribution in [3.05, 3.63) is 36.4 Å². The number of fused-ring (bicyclic) bond motifs is 1. The maximum absolute atomic E-state index is 6.03. The minimum atomic E-state index is 0.376. The Hall–Kier alpha value is -2.08. The molecule has 0 aliphatic rings. The van der Waals surface area contributed by atoms with Gasteiger partial charge in [-0.3, -0.25) is 4.68 Å². The third-order valence-corrected chi connectivity index (χ3v) is 3.64. The Labute approximate surface area is 127 Å². The smallest absolute Gasteiger partial charge is 0.146 e. The molecule has 0 amide bonds. The van der Waals surface area contributed by atoms with Crippen LogP contribution in [-0.2, 0) is 19.0 Å². The first kappa shape index (κ1) is 13.9. The molecule has 3 aromatic rings. The maximum atomic E-state index is 6.03. The van der Waals surface area contributed by atoms with E-state index in [9.17, 15) is 0 Å². The molecule has 0 N–H and O–H groups in total. The van der Waals surface area contributed by atoms with Crippen molar-refractivity contribution >= 4 is 22.6 Å². The highest BCUT2D eigenvalue weighted by Gasteiger charge is 2.13. The molecule has 0 aliphatic carbocycles. The summed E-state index contributed by atoms with van der Waals surface area (Å²) in [7, 11) is 1.65. The number of hydrogen-bond acceptors (Lipinski definition) is 4. The SMILES string of the molecule is COc1cccc2c1nc(CCl)n2CCCn1ccnn1. The Morgan fingerprint density at radius 2 is 2.19 bits per heavy atom. The van der Waals surface area contributed by atoms with Gasteiger partial charge in [0.05, 0.1) is 24.7 Å². The average Bonchev–Trinajstić information content (AvgIpc) is 3.14. The summed E-state index contributed by atoms with van der Waals surface area (Å²) in [6, 6.07) is 5.91. The van der Waals surface area contributed by atoms with E-state index in [1.807, 2.05) is 29.1 Å². The predicted octanol–water partition coefficient (Wildman–Crippen LogP) is 2.47. The summed E-state index contributed by atoms with van der Waals surface area (Å²) < 4.78 is 9.32. The van der Waals surface area contributed by atoms with Gasteiger partial charge in [0.1, 0.15) is 17.1 Å². The van der Waals surface area contributed by atoms with E-state index in [1.165, 1.54) is 0 Å². The number of hydrogen-bond donors (Lipinski definition) is 0. The second-order valence-electron chi connectivity index (χ2n) is 4.66. The molecule has 0 aliphatic heterocycles. The van der Waals surface area contributed by atoms with Gasteiger partial charge in [-0.1, -0.05) is 11.3 Å². The lowest BCUT2D eigenvalue weighted by Crippen LogP contribution is -2.07. The molecule has 21 heavy (non-hydrogen) atoms. The van der Waals surface area contributed by atoms with Gasteiger partial charge < -0.3 is 9.30 Å². The van der Waals surface area contributed by atoms with E-state index >= 15 is 0 Å². The van der Waals surface area contributed by atoms with Crippen molar-refractivity contribution in [1.29, 1.82) is 0 Å². The molecular weight excluding hydrogens is 290 g/mol. The van der Waals surface area contributed by atoms with Gasteiger partial charge in [0, 0.05) is 19.3 Å². The molecule has 0 saturated carbocycles. The van der Waals surface area contributed by atoms with Gasteiger partial charge in [-0.05, 0) is 18.6 Å². The zero-order chi connectivity index (χ0) is 14.7. The number of rotatable bonds is 6. The Bertz CT molecular complexity index is 722. The fourth-order valence-electron chi connectivity index (χ4n) is 2.43. The van der Waals surface area contributed by atoms with E-state index < -0.39 is 0 Å². The summed E-state index contributed by atoms with van der Waals surface area (Å²) in [5.41, 5.74) is 1.90. The number of imidazole rings is 1. The number of benzene rings is 1. The molecule has 1 aromatic carbocycles. The van der Waals surface area contributed by atoms with Crippen molar-refractivity contribution < 1.29 is 4.74 Å². The Balaban J connectivity index is 1.86. The Kier molecular flexibility index (Phi) is 4.06. The fraction of sp³-hybridized carbons (Fsp3) is 0.357. The Morgan fingerprint density at radius 1 is 1.29 bits per heavy atom. The Morgan fingerprint density at radius 3 is 2.90 bits per heavy atom. The van der Waals surface area contributed by atoms with Gasteiger partial charge >= 0.3 is 0 Å². The lowest BCUT2D eigenvalue weighted by molar-refractivity contribution is 0.419. The number of halogens is 1. The van der Waals surface area contributed by atoms with Gasteiger partial charge in [0.25, 0.3) is 0 Å². The molecule has 7 heteroatoms. The first-order valence-corrected chi connectivity index (χ1v) is 7.29. The van der Waals surface area contributed by atoms with Crippen molar-refractivity contribution in [3.8, 4) is 5.75 Å². The molecule has 0 bridgehead atoms. The molecular formula is C14H16ClN5O. The van der Waals surface area contributed by atoms with E-state index in [4.69, 9.17) is 16.3 Å². The molecule has 110 valence electrons. The summed E-state index contributed by atoms with van der Waals surface area (Å²) in [6.45, 7) is 1.64. The normalized spacial score (nSPS) is 11.1. The molecule has 0 saturated heterocycles. The quantitative estimate of drug-likeness (QED) is 0.656. The molecule has 0 unspecified atom stereocenters. The number of ether oxygens (including phenoxy) is 1. The maximum Gasteiger partial charge on any atom is 0.146 e. The van der Waals surface area contributed by atoms with Crippen LogP contribution in [0.5, 0.6) is 5.75 Å². The summed E-state index contributed by atoms with van der Waals surface area (Å²) in [4.78, 5) is 4.59. The lowest BCUT2D eigenvalue weighted by Gasteiger charge is -2.08. The summed E-state index contributed by atoms with van der Waals surface area (Å²) in [5, 5.41) is 7.76. The van der Waals surface area contributed by atoms with Gasteiger partial charge in [-0.25, -0.2) is 4.98 Å². The van der Waals surface area contributed by atoms with Crippen LogP contribution < -0.4 is 4.74 Å². The van der Waals surface area contributed by atoms with Crippen molar-refractivity contribution in [2.24, 2.45) is 0 Å². The number of aromatic nitrogens is 5. The largest absolute Gasteiger partial charge is 0.494 e. The highest BCUT2D eigenvalue weighted by atomic mass is 35.5. The highest BCUT2D eigenvalue weighted by Crippen LogP contribution is 2.26. The molecule has 0 atom stereocenters. The molecule has 2 heterocycles. The first-order chi connectivity index (χ1) is 10.3. The van der Waals surface area contributed by atoms with Crippen LogP contribution in [0.4, 0.5) is 0 Å². The van der Waals surface area contributed by atoms with Crippen LogP contribution >= 0.6 is 11.6 Å². The molecule has 3 rings (SSSR count). The van der Waals surface area contributed by atoms with E-state index in [0.717, 1.165) is 42.1 Å². The minimum Gasteiger partial charge on any atom is -0.494 e. The van der Waals surface area contributed by atoms with Crippen LogP contribution in [0.2, 0.25) is 0 Å². The molecule has 0 fully saturated rings. The molecule has 0 spiro atoms. The zero-order valence-electron chi connectivity index (χ0n) is 11.7. The van der Waals surface area contributed by atoms with Gasteiger partial charge in [0.2, 0.25) is 0 Å². The molecule has 2 aromatic heterocycles. The minimum absolute atomic E-state index is 0.376. The third kappa shape index (κ3) is 2.71. The number of aryl methyl sites for hydroxylation is 2. The third-order valence-electron chi connectivity index (χ3n) is 3.40. The van der Waals surface area contributed by atoms with E-state index in [-0.39, 0.29) is 0 Å². The highest BCUT2D eigenvalue weighted by molar-refractivity contribution is 6.16. The van der Waals surface area contributed by atoms with Crippen molar-refractivity contribution in [2.75, 3.05) is 7.11 Å². The molecule has 6 nitrogen and oxygen atoms in total. The second kappa shape index (κ2) is 6.13. The number of para-hydroxylation sites is 1. The predicted molar refractivity (Wildman–Crippen MR) is 80.5 cm³/mol. The van der Waals surface area contributed by atoms with Gasteiger partial charge in [-0.2, -0.15) is 0 Å². The topological polar surface area (TPSA) is 57.8 Å². The average molecular weight is 306 g/mol. The van der Waals surface area contributed by atoms with Crippen LogP contribution in [0.3, 0.4) is 0 Å². The standard InChI is InChI=1S/C14H16ClN5O/c1-21-12-5-2-4-11-14(12)17-13(10-15)20(11)8-3-7-19-9-6-16-18-19/h2,4-6,9H,3,7-8,10H2,1H3. The lowest BCUT2D eigenvalue weighted by atomic mass is 10.3. The summed E-state index contributed by atoms with van der Waals surface area (Å²) in [5.74, 6) is 2.00. The summed E-state index contributed by atoms with van der Waals surface area (Å²) in [6.07, 6.45) is 4.47. The van der Waals surface area contributed by atoms with E-state index in [0.29, 0.717) is 5.88 Å². The van der Waals surface area contributed by atoms with Crippen LogP contribution in [-0.4, -0.2) is 31.7 Å². The first-order valence-electron chi connectivity index (χ1n) is 6.75. The van der Waals surface area contributed by atoms with Crippen molar-refractivity contribution in [3.63, 3.8) is 0 Å². The van der Waals surface area contributed by atoms with Crippen LogP contribution in [0, 0.1) is 0 Å². The number of nitrogens with zero attached hydrogens (tertiary/aromatic N) is 5. The zero-order valence-corrected chi connectivity index (χ0v) is 12.5. The summed E-state index contributed by atoms with van der Waals surface area (Å²) >= 11 is 6.03. The second-order valence-corrected chi connectivity index (χ2v) is 4.93. The van der Waals surface area contributed by atoms with E-state index in [1.54, 1.807) is 13.3 Å². The van der Waals surface area contributed by atoms with Crippen LogP contribution in [0.25, 0.3) is 11.0 Å². The van der Waals surface area contributed by atoms with Crippen LogP contribution in [0.15, 0.2) is 30.6 Å². The van der Waals surface area contributed by atoms with Gasteiger partial charge in [0.15, 0.2) is 0 Å². The van der Waals surface area contributed by atoms with E-state index in [2.05, 4.69) is 19.9 Å². The van der Waals surface area contributed by atoms with Crippen LogP contribution in [0.1, 0.15) is 12.2 Å². The fourth-order valence-corrected chi connectivity index (χ4v) is 2.63. The molecule has 0 radical (unpaired) electrons.